The highest BCUT2D eigenvalue weighted by Gasteiger charge is 2.78. The topological polar surface area (TPSA) is 46.5 Å². The zero-order valence-electron chi connectivity index (χ0n) is 15.0. The number of esters is 1. The smallest absolute Gasteiger partial charge is 0.416 e. The van der Waals surface area contributed by atoms with Crippen LogP contribution in [-0.4, -0.2) is 47.0 Å². The Labute approximate surface area is 151 Å². The Morgan fingerprint density at radius 3 is 2.04 bits per heavy atom. The van der Waals surface area contributed by atoms with Gasteiger partial charge in [-0.3, -0.25) is 4.79 Å². The van der Waals surface area contributed by atoms with Gasteiger partial charge in [-0.25, -0.2) is 22.0 Å². The maximum absolute atomic E-state index is 14.7. The van der Waals surface area contributed by atoms with Crippen LogP contribution in [0.1, 0.15) is 46.5 Å². The van der Waals surface area contributed by atoms with Crippen molar-refractivity contribution in [2.75, 3.05) is 6.61 Å². The van der Waals surface area contributed by atoms with Gasteiger partial charge in [-0.15, -0.1) is 0 Å². The summed E-state index contributed by atoms with van der Waals surface area (Å²) in [5.74, 6) is -15.1. The lowest BCUT2D eigenvalue weighted by atomic mass is 9.83. The fraction of sp³-hybridized carbons (Fsp3) is 0.938. The summed E-state index contributed by atoms with van der Waals surface area (Å²) in [4.78, 5) is 11.9. The number of ether oxygens (including phenoxy) is 1. The van der Waals surface area contributed by atoms with Gasteiger partial charge in [0.25, 0.3) is 5.92 Å². The second kappa shape index (κ2) is 7.36. The third kappa shape index (κ3) is 4.17. The number of hydrogen-bond donors (Lipinski definition) is 1. The SMILES string of the molecule is CCC1CC(C(=O)OCCCC(C)(O)C(F)(F)F)C(F)(F)C1(F)C(C)(F)F. The minimum atomic E-state index is -4.94. The van der Waals surface area contributed by atoms with Crippen LogP contribution < -0.4 is 0 Å². The first kappa shape index (κ1) is 23.9. The Balaban J connectivity index is 2.79. The van der Waals surface area contributed by atoms with E-state index in [1.165, 1.54) is 6.92 Å². The molecule has 0 bridgehead atoms. The normalized spacial score (nSPS) is 30.8. The highest BCUT2D eigenvalue weighted by atomic mass is 19.4. The van der Waals surface area contributed by atoms with Crippen LogP contribution in [-0.2, 0) is 9.53 Å². The fourth-order valence-corrected chi connectivity index (χ4v) is 3.30. The number of carbonyl (C=O) groups excluding carboxylic acids is 1. The van der Waals surface area contributed by atoms with E-state index in [1.54, 1.807) is 0 Å². The van der Waals surface area contributed by atoms with Crippen molar-refractivity contribution in [2.45, 2.75) is 75.7 Å². The van der Waals surface area contributed by atoms with Crippen LogP contribution in [0.3, 0.4) is 0 Å². The monoisotopic (exact) mass is 414 g/mol. The van der Waals surface area contributed by atoms with E-state index < -0.39 is 73.0 Å². The molecular weight excluding hydrogens is 392 g/mol. The Morgan fingerprint density at radius 1 is 1.15 bits per heavy atom. The maximum atomic E-state index is 14.7. The van der Waals surface area contributed by atoms with Crippen LogP contribution in [0.25, 0.3) is 0 Å². The summed E-state index contributed by atoms with van der Waals surface area (Å²) in [6, 6.07) is 0. The number of aliphatic hydroxyl groups is 1. The van der Waals surface area contributed by atoms with Gasteiger partial charge >= 0.3 is 18.1 Å². The molecule has 0 amide bonds. The summed E-state index contributed by atoms with van der Waals surface area (Å²) < 4.78 is 112. The van der Waals surface area contributed by atoms with Gasteiger partial charge in [-0.05, 0) is 32.6 Å². The Kier molecular flexibility index (Phi) is 6.52. The number of alkyl halides is 8. The van der Waals surface area contributed by atoms with Crippen LogP contribution in [0.15, 0.2) is 0 Å². The third-order valence-corrected chi connectivity index (χ3v) is 5.08. The first-order valence-electron chi connectivity index (χ1n) is 8.33. The van der Waals surface area contributed by atoms with E-state index >= 15 is 0 Å². The van der Waals surface area contributed by atoms with E-state index in [2.05, 4.69) is 4.74 Å². The summed E-state index contributed by atoms with van der Waals surface area (Å²) in [6.45, 7) is 0.979. The molecule has 1 saturated carbocycles. The summed E-state index contributed by atoms with van der Waals surface area (Å²) >= 11 is 0. The van der Waals surface area contributed by atoms with Crippen molar-refractivity contribution in [2.24, 2.45) is 11.8 Å². The molecule has 0 aromatic carbocycles. The maximum Gasteiger partial charge on any atom is 0.416 e. The van der Waals surface area contributed by atoms with Gasteiger partial charge in [0, 0.05) is 12.8 Å². The average molecular weight is 414 g/mol. The number of rotatable bonds is 7. The van der Waals surface area contributed by atoms with E-state index in [-0.39, 0.29) is 13.3 Å². The molecule has 1 aliphatic rings. The van der Waals surface area contributed by atoms with E-state index in [1.807, 2.05) is 0 Å². The fourth-order valence-electron chi connectivity index (χ4n) is 3.30. The Hall–Kier alpha value is -1.13. The minimum Gasteiger partial charge on any atom is -0.465 e. The van der Waals surface area contributed by atoms with Crippen molar-refractivity contribution >= 4 is 5.97 Å². The van der Waals surface area contributed by atoms with Gasteiger partial charge in [0.15, 0.2) is 5.60 Å². The predicted octanol–water partition coefficient (Wildman–Crippen LogP) is 4.67. The average Bonchev–Trinajstić information content (AvgIpc) is 2.70. The van der Waals surface area contributed by atoms with Crippen molar-refractivity contribution in [1.29, 1.82) is 0 Å². The molecule has 3 nitrogen and oxygen atoms in total. The third-order valence-electron chi connectivity index (χ3n) is 5.08. The molecule has 1 N–H and O–H groups in total. The van der Waals surface area contributed by atoms with Gasteiger partial charge in [-0.2, -0.15) is 13.2 Å². The molecule has 0 aliphatic heterocycles. The van der Waals surface area contributed by atoms with Gasteiger partial charge < -0.3 is 9.84 Å². The van der Waals surface area contributed by atoms with Crippen molar-refractivity contribution in [3.63, 3.8) is 0 Å². The lowest BCUT2D eigenvalue weighted by Crippen LogP contribution is -2.58. The summed E-state index contributed by atoms with van der Waals surface area (Å²) in [7, 11) is 0. The molecule has 1 rings (SSSR count). The lowest BCUT2D eigenvalue weighted by molar-refractivity contribution is -0.256. The highest BCUT2D eigenvalue weighted by Crippen LogP contribution is 2.60. The largest absolute Gasteiger partial charge is 0.465 e. The van der Waals surface area contributed by atoms with Crippen molar-refractivity contribution in [3.8, 4) is 0 Å². The molecule has 0 radical (unpaired) electrons. The van der Waals surface area contributed by atoms with Crippen molar-refractivity contribution < 1.29 is 49.8 Å². The zero-order valence-corrected chi connectivity index (χ0v) is 15.0. The molecule has 1 fully saturated rings. The van der Waals surface area contributed by atoms with Gasteiger partial charge in [0.2, 0.25) is 5.67 Å². The van der Waals surface area contributed by atoms with Crippen LogP contribution in [0, 0.1) is 11.8 Å². The number of hydrogen-bond acceptors (Lipinski definition) is 3. The zero-order chi connectivity index (χ0) is 21.5. The molecule has 11 heteroatoms. The van der Waals surface area contributed by atoms with Crippen LogP contribution in [0.5, 0.6) is 0 Å². The second-order valence-corrected chi connectivity index (χ2v) is 7.16. The lowest BCUT2D eigenvalue weighted by Gasteiger charge is -2.37. The van der Waals surface area contributed by atoms with E-state index in [9.17, 15) is 45.0 Å². The Bertz CT molecular complexity index is 541. The second-order valence-electron chi connectivity index (χ2n) is 7.16. The molecular formula is C16H22F8O3. The van der Waals surface area contributed by atoms with Crippen molar-refractivity contribution in [1.82, 2.24) is 0 Å². The molecule has 0 aromatic rings. The molecule has 0 aromatic heterocycles. The van der Waals surface area contributed by atoms with E-state index in [4.69, 9.17) is 0 Å². The summed E-state index contributed by atoms with van der Waals surface area (Å²) in [6.07, 6.45) is -7.57. The number of carbonyl (C=O) groups is 1. The van der Waals surface area contributed by atoms with Crippen molar-refractivity contribution in [3.05, 3.63) is 0 Å². The Morgan fingerprint density at radius 2 is 1.67 bits per heavy atom. The van der Waals surface area contributed by atoms with Gasteiger partial charge in [-0.1, -0.05) is 6.92 Å². The molecule has 0 saturated heterocycles. The summed E-state index contributed by atoms with van der Waals surface area (Å²) in [5, 5.41) is 9.22. The molecule has 0 spiro atoms. The quantitative estimate of drug-likeness (QED) is 0.374. The first-order chi connectivity index (χ1) is 11.9. The molecule has 1 aliphatic carbocycles. The molecule has 27 heavy (non-hydrogen) atoms. The summed E-state index contributed by atoms with van der Waals surface area (Å²) in [5.41, 5.74) is -7.30. The molecule has 0 heterocycles. The van der Waals surface area contributed by atoms with Gasteiger partial charge in [0.1, 0.15) is 5.92 Å². The molecule has 4 atom stereocenters. The van der Waals surface area contributed by atoms with Crippen LogP contribution in [0.2, 0.25) is 0 Å². The van der Waals surface area contributed by atoms with Crippen LogP contribution in [0.4, 0.5) is 35.1 Å². The number of halogens is 8. The van der Waals surface area contributed by atoms with E-state index in [0.717, 1.165) is 0 Å². The standard InChI is InChI=1S/C16H22F8O3/c1-4-9-8-10(15(20,21)14(9,19)13(3,17)18)11(25)27-7-5-6-12(2,26)16(22,23)24/h9-10,26H,4-8H2,1-3H3. The predicted molar refractivity (Wildman–Crippen MR) is 78.2 cm³/mol. The first-order valence-corrected chi connectivity index (χ1v) is 8.33. The minimum absolute atomic E-state index is 0.0104. The molecule has 4 unspecified atom stereocenters. The van der Waals surface area contributed by atoms with Gasteiger partial charge in [0.05, 0.1) is 6.61 Å². The highest BCUT2D eigenvalue weighted by molar-refractivity contribution is 5.74. The van der Waals surface area contributed by atoms with Crippen LogP contribution >= 0.6 is 0 Å². The van der Waals surface area contributed by atoms with E-state index in [0.29, 0.717) is 6.92 Å². The molecule has 160 valence electrons.